The average molecular weight is 293 g/mol. The number of benzene rings is 1. The maximum atomic E-state index is 12.6. The van der Waals surface area contributed by atoms with Crippen molar-refractivity contribution in [3.8, 4) is 0 Å². The second kappa shape index (κ2) is 5.44. The maximum absolute atomic E-state index is 12.6. The van der Waals surface area contributed by atoms with Crippen LogP contribution in [0.25, 0.3) is 0 Å². The third-order valence-electron chi connectivity index (χ3n) is 4.10. The smallest absolute Gasteiger partial charge is 0.228 e. The van der Waals surface area contributed by atoms with Gasteiger partial charge in [0.1, 0.15) is 0 Å². The van der Waals surface area contributed by atoms with Crippen molar-refractivity contribution in [3.63, 3.8) is 0 Å². The van der Waals surface area contributed by atoms with Crippen LogP contribution in [-0.4, -0.2) is 29.8 Å². The summed E-state index contributed by atoms with van der Waals surface area (Å²) in [6, 6.07) is 7.79. The molecule has 0 saturated carbocycles. The molecule has 2 fully saturated rings. The van der Waals surface area contributed by atoms with Crippen LogP contribution in [0.4, 0.5) is 0 Å². The van der Waals surface area contributed by atoms with Crippen LogP contribution in [0.5, 0.6) is 0 Å². The molecule has 2 heterocycles. The molecule has 106 valence electrons. The number of hydrogen-bond acceptors (Lipinski definition) is 2. The van der Waals surface area contributed by atoms with Crippen LogP contribution in [0.3, 0.4) is 0 Å². The Morgan fingerprint density at radius 3 is 2.95 bits per heavy atom. The number of amides is 2. The summed E-state index contributed by atoms with van der Waals surface area (Å²) < 4.78 is 0. The summed E-state index contributed by atoms with van der Waals surface area (Å²) in [5, 5.41) is 3.42. The Bertz CT molecular complexity index is 546. The van der Waals surface area contributed by atoms with E-state index in [4.69, 9.17) is 11.6 Å². The SMILES string of the molecule is O=C1CC(C(=O)N2CCCC2c2cccc(Cl)c2)CN1. The minimum Gasteiger partial charge on any atom is -0.355 e. The molecule has 2 amide bonds. The van der Waals surface area contributed by atoms with Gasteiger partial charge in [0.25, 0.3) is 0 Å². The lowest BCUT2D eigenvalue weighted by molar-refractivity contribution is -0.136. The third kappa shape index (κ3) is 2.52. The Morgan fingerprint density at radius 1 is 1.40 bits per heavy atom. The van der Waals surface area contributed by atoms with Gasteiger partial charge in [0.2, 0.25) is 11.8 Å². The molecule has 2 saturated heterocycles. The Kier molecular flexibility index (Phi) is 3.66. The molecule has 2 aliphatic heterocycles. The largest absolute Gasteiger partial charge is 0.355 e. The number of nitrogens with zero attached hydrogens (tertiary/aromatic N) is 1. The molecule has 2 unspecified atom stereocenters. The van der Waals surface area contributed by atoms with Crippen LogP contribution in [-0.2, 0) is 9.59 Å². The number of halogens is 1. The molecule has 0 aliphatic carbocycles. The van der Waals surface area contributed by atoms with Crippen LogP contribution in [0.1, 0.15) is 30.9 Å². The molecule has 0 aromatic heterocycles. The summed E-state index contributed by atoms with van der Waals surface area (Å²) in [4.78, 5) is 25.7. The zero-order valence-corrected chi connectivity index (χ0v) is 11.9. The van der Waals surface area contributed by atoms with Gasteiger partial charge in [0, 0.05) is 24.5 Å². The Labute approximate surface area is 123 Å². The summed E-state index contributed by atoms with van der Waals surface area (Å²) in [6.07, 6.45) is 2.27. The first kappa shape index (κ1) is 13.4. The number of hydrogen-bond donors (Lipinski definition) is 1. The van der Waals surface area contributed by atoms with E-state index in [-0.39, 0.29) is 23.8 Å². The predicted octanol–water partition coefficient (Wildman–Crippen LogP) is 2.14. The first-order valence-corrected chi connectivity index (χ1v) is 7.35. The Morgan fingerprint density at radius 2 is 2.25 bits per heavy atom. The molecule has 3 rings (SSSR count). The minimum atomic E-state index is -0.206. The highest BCUT2D eigenvalue weighted by atomic mass is 35.5. The van der Waals surface area contributed by atoms with Crippen molar-refractivity contribution in [2.45, 2.75) is 25.3 Å². The van der Waals surface area contributed by atoms with Gasteiger partial charge in [0.15, 0.2) is 0 Å². The summed E-state index contributed by atoms with van der Waals surface area (Å²) in [5.41, 5.74) is 1.08. The zero-order valence-electron chi connectivity index (χ0n) is 11.1. The summed E-state index contributed by atoms with van der Waals surface area (Å²) in [6.45, 7) is 1.23. The molecule has 4 nitrogen and oxygen atoms in total. The van der Waals surface area contributed by atoms with Gasteiger partial charge < -0.3 is 10.2 Å². The summed E-state index contributed by atoms with van der Waals surface area (Å²) in [5.74, 6) is -0.144. The number of likely N-dealkylation sites (tertiary alicyclic amines) is 1. The average Bonchev–Trinajstić information content (AvgIpc) is 3.06. The van der Waals surface area contributed by atoms with E-state index in [1.54, 1.807) is 0 Å². The number of carbonyl (C=O) groups excluding carboxylic acids is 2. The highest BCUT2D eigenvalue weighted by Gasteiger charge is 2.37. The Hall–Kier alpha value is -1.55. The van der Waals surface area contributed by atoms with Crippen molar-refractivity contribution in [2.24, 2.45) is 5.92 Å². The lowest BCUT2D eigenvalue weighted by Crippen LogP contribution is -2.36. The van der Waals surface area contributed by atoms with E-state index in [1.807, 2.05) is 29.2 Å². The second-order valence-electron chi connectivity index (χ2n) is 5.45. The lowest BCUT2D eigenvalue weighted by atomic mass is 10.0. The van der Waals surface area contributed by atoms with Gasteiger partial charge in [-0.15, -0.1) is 0 Å². The monoisotopic (exact) mass is 292 g/mol. The zero-order chi connectivity index (χ0) is 14.1. The molecular formula is C15H17ClN2O2. The molecular weight excluding hydrogens is 276 g/mol. The van der Waals surface area contributed by atoms with Crippen molar-refractivity contribution in [1.82, 2.24) is 10.2 Å². The van der Waals surface area contributed by atoms with Crippen LogP contribution in [0.15, 0.2) is 24.3 Å². The molecule has 2 aliphatic rings. The predicted molar refractivity (Wildman–Crippen MR) is 76.3 cm³/mol. The van der Waals surface area contributed by atoms with E-state index >= 15 is 0 Å². The molecule has 0 radical (unpaired) electrons. The quantitative estimate of drug-likeness (QED) is 0.908. The van der Waals surface area contributed by atoms with E-state index in [0.29, 0.717) is 18.0 Å². The van der Waals surface area contributed by atoms with Crippen molar-refractivity contribution in [1.29, 1.82) is 0 Å². The number of carbonyl (C=O) groups is 2. The molecule has 2 atom stereocenters. The summed E-state index contributed by atoms with van der Waals surface area (Å²) in [7, 11) is 0. The first-order chi connectivity index (χ1) is 9.65. The van der Waals surface area contributed by atoms with Crippen molar-refractivity contribution in [2.75, 3.05) is 13.1 Å². The topological polar surface area (TPSA) is 49.4 Å². The number of nitrogens with one attached hydrogen (secondary N) is 1. The highest BCUT2D eigenvalue weighted by molar-refractivity contribution is 6.30. The molecule has 0 spiro atoms. The molecule has 1 aromatic rings. The standard InChI is InChI=1S/C15H17ClN2O2/c16-12-4-1-3-10(7-12)13-5-2-6-18(13)15(20)11-8-14(19)17-9-11/h1,3-4,7,11,13H,2,5-6,8-9H2,(H,17,19). The van der Waals surface area contributed by atoms with Crippen LogP contribution < -0.4 is 5.32 Å². The fourth-order valence-electron chi connectivity index (χ4n) is 3.11. The fraction of sp³-hybridized carbons (Fsp3) is 0.467. The maximum Gasteiger partial charge on any atom is 0.228 e. The molecule has 1 N–H and O–H groups in total. The summed E-state index contributed by atoms with van der Waals surface area (Å²) >= 11 is 6.04. The van der Waals surface area contributed by atoms with Crippen molar-refractivity contribution < 1.29 is 9.59 Å². The van der Waals surface area contributed by atoms with Gasteiger partial charge in [0.05, 0.1) is 12.0 Å². The second-order valence-corrected chi connectivity index (χ2v) is 5.89. The van der Waals surface area contributed by atoms with Crippen LogP contribution >= 0.6 is 11.6 Å². The Balaban J connectivity index is 1.78. The van der Waals surface area contributed by atoms with Gasteiger partial charge in [-0.2, -0.15) is 0 Å². The molecule has 0 bridgehead atoms. The van der Waals surface area contributed by atoms with Crippen LogP contribution in [0.2, 0.25) is 5.02 Å². The first-order valence-electron chi connectivity index (χ1n) is 6.98. The van der Waals surface area contributed by atoms with Gasteiger partial charge >= 0.3 is 0 Å². The van der Waals surface area contributed by atoms with E-state index < -0.39 is 0 Å². The lowest BCUT2D eigenvalue weighted by Gasteiger charge is -2.27. The van der Waals surface area contributed by atoms with E-state index in [2.05, 4.69) is 5.32 Å². The van der Waals surface area contributed by atoms with Crippen LogP contribution in [0, 0.1) is 5.92 Å². The van der Waals surface area contributed by atoms with Gasteiger partial charge in [-0.05, 0) is 30.5 Å². The van der Waals surface area contributed by atoms with Crippen molar-refractivity contribution in [3.05, 3.63) is 34.9 Å². The fourth-order valence-corrected chi connectivity index (χ4v) is 3.30. The van der Waals surface area contributed by atoms with Gasteiger partial charge in [-0.1, -0.05) is 23.7 Å². The molecule has 5 heteroatoms. The number of rotatable bonds is 2. The molecule has 20 heavy (non-hydrogen) atoms. The third-order valence-corrected chi connectivity index (χ3v) is 4.33. The van der Waals surface area contributed by atoms with Gasteiger partial charge in [-0.3, -0.25) is 9.59 Å². The normalized spacial score (nSPS) is 25.9. The van der Waals surface area contributed by atoms with E-state index in [0.717, 1.165) is 24.9 Å². The van der Waals surface area contributed by atoms with Gasteiger partial charge in [-0.25, -0.2) is 0 Å². The van der Waals surface area contributed by atoms with E-state index in [9.17, 15) is 9.59 Å². The van der Waals surface area contributed by atoms with E-state index in [1.165, 1.54) is 0 Å². The highest BCUT2D eigenvalue weighted by Crippen LogP contribution is 2.34. The molecule has 1 aromatic carbocycles. The van der Waals surface area contributed by atoms with Crippen molar-refractivity contribution >= 4 is 23.4 Å². The minimum absolute atomic E-state index is 0.0261.